The van der Waals surface area contributed by atoms with Gasteiger partial charge in [-0.15, -0.1) is 0 Å². The lowest BCUT2D eigenvalue weighted by molar-refractivity contribution is -0.149. The summed E-state index contributed by atoms with van der Waals surface area (Å²) in [7, 11) is 0. The van der Waals surface area contributed by atoms with E-state index in [1.54, 1.807) is 0 Å². The highest BCUT2D eigenvalue weighted by atomic mass is 16.6. The van der Waals surface area contributed by atoms with Gasteiger partial charge in [-0.3, -0.25) is 0 Å². The molecule has 0 aromatic heterocycles. The van der Waals surface area contributed by atoms with Gasteiger partial charge in [-0.2, -0.15) is 0 Å². The highest BCUT2D eigenvalue weighted by Crippen LogP contribution is 2.17. The first-order valence-corrected chi connectivity index (χ1v) is 5.84. The maximum Gasteiger partial charge on any atom is 0.334 e. The van der Waals surface area contributed by atoms with Gasteiger partial charge in [-0.25, -0.2) is 4.79 Å². The van der Waals surface area contributed by atoms with Crippen molar-refractivity contribution in [2.45, 2.75) is 59.0 Å². The molecule has 2 heteroatoms. The van der Waals surface area contributed by atoms with E-state index in [0.717, 1.165) is 24.8 Å². The molecule has 0 aromatic rings. The van der Waals surface area contributed by atoms with E-state index in [2.05, 4.69) is 20.1 Å². The highest BCUT2D eigenvalue weighted by molar-refractivity contribution is 5.88. The number of unbranched alkanes of at least 4 members (excludes halogenated alkanes) is 1. The Morgan fingerprint density at radius 3 is 2.25 bits per heavy atom. The summed E-state index contributed by atoms with van der Waals surface area (Å²) < 4.78 is 5.23. The highest BCUT2D eigenvalue weighted by Gasteiger charge is 2.18. The van der Waals surface area contributed by atoms with Gasteiger partial charge in [0, 0.05) is 5.57 Å². The molecule has 16 heavy (non-hydrogen) atoms. The van der Waals surface area contributed by atoms with Crippen LogP contribution in [0.3, 0.4) is 0 Å². The van der Waals surface area contributed by atoms with Crippen molar-refractivity contribution in [2.75, 3.05) is 0 Å². The number of rotatable bonds is 6. The molecule has 0 saturated heterocycles. The zero-order chi connectivity index (χ0) is 12.8. The molecule has 0 aromatic carbocycles. The first kappa shape index (κ1) is 14.9. The van der Waals surface area contributed by atoms with Gasteiger partial charge in [-0.1, -0.05) is 32.1 Å². The van der Waals surface area contributed by atoms with Crippen LogP contribution < -0.4 is 0 Å². The number of hydrogen-bond acceptors (Lipinski definition) is 2. The van der Waals surface area contributed by atoms with E-state index in [9.17, 15) is 4.79 Å². The molecule has 0 heterocycles. The van der Waals surface area contributed by atoms with Crippen LogP contribution in [0.1, 0.15) is 53.4 Å². The van der Waals surface area contributed by atoms with Crippen molar-refractivity contribution in [3.05, 3.63) is 24.3 Å². The van der Waals surface area contributed by atoms with E-state index >= 15 is 0 Å². The predicted molar refractivity (Wildman–Crippen MR) is 68.3 cm³/mol. The third-order valence-corrected chi connectivity index (χ3v) is 2.03. The Hall–Kier alpha value is -1.05. The molecule has 0 N–H and O–H groups in total. The van der Waals surface area contributed by atoms with Crippen LogP contribution in [0.5, 0.6) is 0 Å². The number of carbonyl (C=O) groups excluding carboxylic acids is 1. The molecule has 2 nitrogen and oxygen atoms in total. The minimum Gasteiger partial charge on any atom is -0.457 e. The van der Waals surface area contributed by atoms with Crippen LogP contribution in [-0.4, -0.2) is 11.6 Å². The molecular weight excluding hydrogens is 200 g/mol. The van der Waals surface area contributed by atoms with Crippen LogP contribution >= 0.6 is 0 Å². The van der Waals surface area contributed by atoms with Gasteiger partial charge in [-0.05, 0) is 40.0 Å². The third kappa shape index (κ3) is 7.27. The maximum atomic E-state index is 11.6. The molecule has 0 amide bonds. The minimum absolute atomic E-state index is 0.315. The summed E-state index contributed by atoms with van der Waals surface area (Å²) in [6.45, 7) is 15.4. The number of carbonyl (C=O) groups is 1. The van der Waals surface area contributed by atoms with Crippen molar-refractivity contribution < 1.29 is 9.53 Å². The Labute approximate surface area is 99.4 Å². The molecule has 0 spiro atoms. The van der Waals surface area contributed by atoms with Gasteiger partial charge < -0.3 is 4.74 Å². The summed E-state index contributed by atoms with van der Waals surface area (Å²) >= 11 is 0. The molecule has 92 valence electrons. The van der Waals surface area contributed by atoms with Crippen molar-refractivity contribution in [2.24, 2.45) is 0 Å². The Morgan fingerprint density at radius 1 is 1.25 bits per heavy atom. The van der Waals surface area contributed by atoms with Crippen molar-refractivity contribution >= 4 is 5.97 Å². The number of allylic oxidation sites excluding steroid dienone is 1. The molecule has 0 atom stereocenters. The van der Waals surface area contributed by atoms with Crippen molar-refractivity contribution in [3.63, 3.8) is 0 Å². The molecule has 0 rings (SSSR count). The largest absolute Gasteiger partial charge is 0.457 e. The second-order valence-corrected chi connectivity index (χ2v) is 5.14. The van der Waals surface area contributed by atoms with Crippen LogP contribution in [-0.2, 0) is 9.53 Å². The number of esters is 1. The fourth-order valence-corrected chi connectivity index (χ4v) is 1.24. The first-order valence-electron chi connectivity index (χ1n) is 5.84. The maximum absolute atomic E-state index is 11.6. The fraction of sp³-hybridized carbons (Fsp3) is 0.643. The van der Waals surface area contributed by atoms with E-state index < -0.39 is 5.60 Å². The van der Waals surface area contributed by atoms with Gasteiger partial charge in [0.15, 0.2) is 0 Å². The summed E-state index contributed by atoms with van der Waals surface area (Å²) in [5.41, 5.74) is 1.10. The lowest BCUT2D eigenvalue weighted by Crippen LogP contribution is -2.24. The second-order valence-electron chi connectivity index (χ2n) is 5.14. The molecule has 0 saturated carbocycles. The molecular formula is C14H24O2. The van der Waals surface area contributed by atoms with Crippen molar-refractivity contribution in [1.29, 1.82) is 0 Å². The summed E-state index contributed by atoms with van der Waals surface area (Å²) in [6, 6.07) is 0. The van der Waals surface area contributed by atoms with Crippen LogP contribution in [0.25, 0.3) is 0 Å². The topological polar surface area (TPSA) is 26.3 Å². The molecule has 0 aliphatic carbocycles. The summed E-state index contributed by atoms with van der Waals surface area (Å²) in [5.74, 6) is -0.315. The van der Waals surface area contributed by atoms with Crippen LogP contribution in [0.2, 0.25) is 0 Å². The van der Waals surface area contributed by atoms with Crippen molar-refractivity contribution in [3.8, 4) is 0 Å². The third-order valence-electron chi connectivity index (χ3n) is 2.03. The number of hydrogen-bond donors (Lipinski definition) is 0. The zero-order valence-corrected chi connectivity index (χ0v) is 11.1. The zero-order valence-electron chi connectivity index (χ0n) is 11.1. The standard InChI is InChI=1S/C14H24O2/c1-7-8-9-11(2)10-12(3)13(15)16-14(4,5)6/h2-3,7-10H2,1,4-6H3. The lowest BCUT2D eigenvalue weighted by Gasteiger charge is -2.20. The predicted octanol–water partition coefficient (Wildman–Crippen LogP) is 4.02. The monoisotopic (exact) mass is 224 g/mol. The molecule has 0 unspecified atom stereocenters. The van der Waals surface area contributed by atoms with E-state index in [-0.39, 0.29) is 5.97 Å². The molecule has 0 fully saturated rings. The summed E-state index contributed by atoms with van der Waals surface area (Å²) in [6.07, 6.45) is 3.76. The molecule has 0 radical (unpaired) electrons. The Kier molecular flexibility index (Phi) is 6.09. The second kappa shape index (κ2) is 6.51. The van der Waals surface area contributed by atoms with E-state index in [4.69, 9.17) is 4.74 Å². The average Bonchev–Trinajstić information content (AvgIpc) is 2.11. The van der Waals surface area contributed by atoms with Gasteiger partial charge in [0.2, 0.25) is 0 Å². The van der Waals surface area contributed by atoms with E-state index in [0.29, 0.717) is 12.0 Å². The molecule has 0 bridgehead atoms. The van der Waals surface area contributed by atoms with Crippen molar-refractivity contribution in [1.82, 2.24) is 0 Å². The average molecular weight is 224 g/mol. The van der Waals surface area contributed by atoms with Crippen LogP contribution in [0.15, 0.2) is 24.3 Å². The summed E-state index contributed by atoms with van der Waals surface area (Å²) in [4.78, 5) is 11.6. The number of ether oxygens (including phenoxy) is 1. The quantitative estimate of drug-likeness (QED) is 0.387. The summed E-state index contributed by atoms with van der Waals surface area (Å²) in [5, 5.41) is 0. The van der Waals surface area contributed by atoms with E-state index in [1.165, 1.54) is 0 Å². The fourth-order valence-electron chi connectivity index (χ4n) is 1.24. The van der Waals surface area contributed by atoms with Gasteiger partial charge in [0.1, 0.15) is 5.60 Å². The van der Waals surface area contributed by atoms with Gasteiger partial charge >= 0.3 is 5.97 Å². The lowest BCUT2D eigenvalue weighted by atomic mass is 10.0. The minimum atomic E-state index is -0.454. The normalized spacial score (nSPS) is 11.0. The van der Waals surface area contributed by atoms with Gasteiger partial charge in [0.05, 0.1) is 0 Å². The SMILES string of the molecule is C=C(CCCC)CC(=C)C(=O)OC(C)(C)C. The van der Waals surface area contributed by atoms with Crippen LogP contribution in [0.4, 0.5) is 0 Å². The molecule has 0 aliphatic rings. The Morgan fingerprint density at radius 2 is 1.81 bits per heavy atom. The Balaban J connectivity index is 4.06. The smallest absolute Gasteiger partial charge is 0.334 e. The van der Waals surface area contributed by atoms with Gasteiger partial charge in [0.25, 0.3) is 0 Å². The Bertz CT molecular complexity index is 269. The van der Waals surface area contributed by atoms with E-state index in [1.807, 2.05) is 20.8 Å². The first-order chi connectivity index (χ1) is 7.26. The van der Waals surface area contributed by atoms with Crippen LogP contribution in [0, 0.1) is 0 Å². The molecule has 0 aliphatic heterocycles.